The molecule has 1 amide bonds. The van der Waals surface area contributed by atoms with E-state index in [1.165, 1.54) is 4.90 Å². The zero-order chi connectivity index (χ0) is 10.9. The van der Waals surface area contributed by atoms with Crippen LogP contribution in [0.15, 0.2) is 0 Å². The van der Waals surface area contributed by atoms with Gasteiger partial charge in [-0.05, 0) is 6.92 Å². The van der Waals surface area contributed by atoms with Crippen molar-refractivity contribution in [3.05, 3.63) is 0 Å². The highest BCUT2D eigenvalue weighted by molar-refractivity contribution is 7.92. The number of alkyl halides is 1. The van der Waals surface area contributed by atoms with Gasteiger partial charge in [0.15, 0.2) is 9.84 Å². The summed E-state index contributed by atoms with van der Waals surface area (Å²) in [6, 6.07) is 0. The molecule has 0 aromatic rings. The van der Waals surface area contributed by atoms with Crippen LogP contribution in [0.2, 0.25) is 0 Å². The molecule has 1 unspecified atom stereocenters. The van der Waals surface area contributed by atoms with E-state index in [0.717, 1.165) is 0 Å². The summed E-state index contributed by atoms with van der Waals surface area (Å²) in [5.41, 5.74) is 0. The van der Waals surface area contributed by atoms with Gasteiger partial charge in [-0.1, -0.05) is 6.92 Å². The minimum Gasteiger partial charge on any atom is -0.339 e. The van der Waals surface area contributed by atoms with Crippen LogP contribution in [-0.2, 0) is 14.6 Å². The van der Waals surface area contributed by atoms with Gasteiger partial charge in [0.05, 0.1) is 5.25 Å². The summed E-state index contributed by atoms with van der Waals surface area (Å²) >= 11 is 5.59. The van der Waals surface area contributed by atoms with Crippen LogP contribution in [0.3, 0.4) is 0 Å². The fourth-order valence-electron chi connectivity index (χ4n) is 1.33. The largest absolute Gasteiger partial charge is 0.339 e. The maximum atomic E-state index is 11.3. The first-order chi connectivity index (χ1) is 6.38. The summed E-state index contributed by atoms with van der Waals surface area (Å²) in [7, 11) is -2.99. The Kier molecular flexibility index (Phi) is 3.42. The van der Waals surface area contributed by atoms with Crippen molar-refractivity contribution >= 4 is 27.3 Å². The van der Waals surface area contributed by atoms with Crippen molar-refractivity contribution in [1.82, 2.24) is 4.90 Å². The molecule has 0 N–H and O–H groups in total. The van der Waals surface area contributed by atoms with Crippen LogP contribution in [-0.4, -0.2) is 48.7 Å². The number of carbonyl (C=O) groups is 1. The van der Waals surface area contributed by atoms with Crippen molar-refractivity contribution in [3.63, 3.8) is 0 Å². The standard InChI is InChI=1S/C8H14ClNO3S/c1-3-14(12,13)7-4-10(5-7)8(11)6(2)9/h6-7H,3-5H2,1-2H3. The topological polar surface area (TPSA) is 54.5 Å². The summed E-state index contributed by atoms with van der Waals surface area (Å²) in [4.78, 5) is 12.8. The van der Waals surface area contributed by atoms with Crippen LogP contribution in [0.4, 0.5) is 0 Å². The number of sulfone groups is 1. The Morgan fingerprint density at radius 2 is 2.07 bits per heavy atom. The first kappa shape index (κ1) is 11.8. The molecule has 1 aliphatic heterocycles. The first-order valence-electron chi connectivity index (χ1n) is 4.53. The minimum atomic E-state index is -2.99. The lowest BCUT2D eigenvalue weighted by Gasteiger charge is -2.39. The van der Waals surface area contributed by atoms with E-state index in [1.54, 1.807) is 13.8 Å². The molecule has 1 fully saturated rings. The van der Waals surface area contributed by atoms with E-state index in [2.05, 4.69) is 0 Å². The van der Waals surface area contributed by atoms with Crippen molar-refractivity contribution in [1.29, 1.82) is 0 Å². The molecule has 4 nitrogen and oxygen atoms in total. The molecule has 0 aromatic carbocycles. The van der Waals surface area contributed by atoms with Gasteiger partial charge >= 0.3 is 0 Å². The second kappa shape index (κ2) is 4.06. The van der Waals surface area contributed by atoms with Crippen molar-refractivity contribution in [2.75, 3.05) is 18.8 Å². The van der Waals surface area contributed by atoms with Crippen LogP contribution in [0.5, 0.6) is 0 Å². The Hall–Kier alpha value is -0.290. The van der Waals surface area contributed by atoms with Crippen LogP contribution in [0.25, 0.3) is 0 Å². The maximum absolute atomic E-state index is 11.3. The fourth-order valence-corrected chi connectivity index (χ4v) is 2.76. The third kappa shape index (κ3) is 2.20. The molecule has 0 saturated carbocycles. The maximum Gasteiger partial charge on any atom is 0.240 e. The average molecular weight is 240 g/mol. The van der Waals surface area contributed by atoms with E-state index in [-0.39, 0.29) is 16.9 Å². The Labute approximate surface area is 89.1 Å². The van der Waals surface area contributed by atoms with Crippen LogP contribution < -0.4 is 0 Å². The summed E-state index contributed by atoms with van der Waals surface area (Å²) in [6.07, 6.45) is 0. The first-order valence-corrected chi connectivity index (χ1v) is 6.68. The van der Waals surface area contributed by atoms with Gasteiger partial charge in [0.25, 0.3) is 0 Å². The number of nitrogens with zero attached hydrogens (tertiary/aromatic N) is 1. The number of carbonyl (C=O) groups excluding carboxylic acids is 1. The molecule has 1 saturated heterocycles. The Bertz CT molecular complexity index is 319. The smallest absolute Gasteiger partial charge is 0.240 e. The number of amides is 1. The van der Waals surface area contributed by atoms with Gasteiger partial charge in [-0.25, -0.2) is 8.42 Å². The number of halogens is 1. The Morgan fingerprint density at radius 3 is 2.43 bits per heavy atom. The number of hydrogen-bond donors (Lipinski definition) is 0. The molecule has 6 heteroatoms. The monoisotopic (exact) mass is 239 g/mol. The summed E-state index contributed by atoms with van der Waals surface area (Å²) in [5.74, 6) is -0.0509. The van der Waals surface area contributed by atoms with E-state index >= 15 is 0 Å². The molecule has 82 valence electrons. The van der Waals surface area contributed by atoms with E-state index in [4.69, 9.17) is 11.6 Å². The Balaban J connectivity index is 2.49. The normalized spacial score (nSPS) is 20.4. The Morgan fingerprint density at radius 1 is 1.57 bits per heavy atom. The lowest BCUT2D eigenvalue weighted by atomic mass is 10.2. The molecule has 1 heterocycles. The van der Waals surface area contributed by atoms with E-state index < -0.39 is 15.2 Å². The third-order valence-corrected chi connectivity index (χ3v) is 4.72. The second-order valence-electron chi connectivity index (χ2n) is 3.43. The van der Waals surface area contributed by atoms with Gasteiger partial charge in [-0.15, -0.1) is 11.6 Å². The molecular formula is C8H14ClNO3S. The molecule has 0 aromatic heterocycles. The highest BCUT2D eigenvalue weighted by Crippen LogP contribution is 2.18. The average Bonchev–Trinajstić information content (AvgIpc) is 2.00. The van der Waals surface area contributed by atoms with Gasteiger partial charge in [0, 0.05) is 18.8 Å². The zero-order valence-corrected chi connectivity index (χ0v) is 9.81. The van der Waals surface area contributed by atoms with Crippen LogP contribution >= 0.6 is 11.6 Å². The molecule has 0 bridgehead atoms. The summed E-state index contributed by atoms with van der Waals surface area (Å²) < 4.78 is 22.7. The molecule has 14 heavy (non-hydrogen) atoms. The second-order valence-corrected chi connectivity index (χ2v) is 6.66. The molecule has 0 spiro atoms. The van der Waals surface area contributed by atoms with Crippen molar-refractivity contribution in [2.45, 2.75) is 24.5 Å². The molecular weight excluding hydrogens is 226 g/mol. The zero-order valence-electron chi connectivity index (χ0n) is 8.23. The summed E-state index contributed by atoms with van der Waals surface area (Å²) in [6.45, 7) is 3.80. The van der Waals surface area contributed by atoms with Gasteiger partial charge < -0.3 is 4.90 Å². The van der Waals surface area contributed by atoms with Crippen molar-refractivity contribution in [3.8, 4) is 0 Å². The number of likely N-dealkylation sites (tertiary alicyclic amines) is 1. The van der Waals surface area contributed by atoms with Gasteiger partial charge in [0.1, 0.15) is 5.38 Å². The fraction of sp³-hybridized carbons (Fsp3) is 0.875. The highest BCUT2D eigenvalue weighted by atomic mass is 35.5. The third-order valence-electron chi connectivity index (χ3n) is 2.41. The lowest BCUT2D eigenvalue weighted by molar-refractivity contribution is -0.133. The van der Waals surface area contributed by atoms with E-state index in [1.807, 2.05) is 0 Å². The molecule has 1 atom stereocenters. The van der Waals surface area contributed by atoms with Gasteiger partial charge in [-0.2, -0.15) is 0 Å². The van der Waals surface area contributed by atoms with Gasteiger partial charge in [-0.3, -0.25) is 4.79 Å². The molecule has 0 radical (unpaired) electrons. The lowest BCUT2D eigenvalue weighted by Crippen LogP contribution is -2.58. The van der Waals surface area contributed by atoms with Crippen molar-refractivity contribution < 1.29 is 13.2 Å². The van der Waals surface area contributed by atoms with E-state index in [9.17, 15) is 13.2 Å². The quantitative estimate of drug-likeness (QED) is 0.664. The predicted octanol–water partition coefficient (Wildman–Crippen LogP) is 0.259. The number of rotatable bonds is 3. The van der Waals surface area contributed by atoms with E-state index in [0.29, 0.717) is 13.1 Å². The number of hydrogen-bond acceptors (Lipinski definition) is 3. The SMILES string of the molecule is CCS(=O)(=O)C1CN(C(=O)C(C)Cl)C1. The van der Waals surface area contributed by atoms with Crippen LogP contribution in [0, 0.1) is 0 Å². The predicted molar refractivity (Wildman–Crippen MR) is 55.1 cm³/mol. The van der Waals surface area contributed by atoms with Crippen LogP contribution in [0.1, 0.15) is 13.8 Å². The summed E-state index contributed by atoms with van der Waals surface area (Å²) in [5, 5.41) is -0.952. The highest BCUT2D eigenvalue weighted by Gasteiger charge is 2.39. The molecule has 0 aliphatic carbocycles. The van der Waals surface area contributed by atoms with Crippen molar-refractivity contribution in [2.24, 2.45) is 0 Å². The molecule has 1 rings (SSSR count). The minimum absolute atomic E-state index is 0.135. The molecule has 1 aliphatic rings. The van der Waals surface area contributed by atoms with Gasteiger partial charge in [0.2, 0.25) is 5.91 Å².